The van der Waals surface area contributed by atoms with Crippen LogP contribution in [-0.2, 0) is 16.1 Å². The van der Waals surface area contributed by atoms with Crippen molar-refractivity contribution in [3.63, 3.8) is 0 Å². The van der Waals surface area contributed by atoms with E-state index in [0.717, 1.165) is 31.8 Å². The minimum atomic E-state index is 0.190. The van der Waals surface area contributed by atoms with Gasteiger partial charge in [-0.1, -0.05) is 18.0 Å². The second-order valence-electron chi connectivity index (χ2n) is 6.72. The molecule has 1 aromatic heterocycles. The van der Waals surface area contributed by atoms with Crippen molar-refractivity contribution in [1.29, 1.82) is 0 Å². The van der Waals surface area contributed by atoms with Crippen LogP contribution in [0.25, 0.3) is 0 Å². The lowest BCUT2D eigenvalue weighted by Crippen LogP contribution is -2.40. The number of rotatable bonds is 6. The van der Waals surface area contributed by atoms with Crippen LogP contribution in [0.5, 0.6) is 0 Å². The molecule has 1 atom stereocenters. The van der Waals surface area contributed by atoms with Gasteiger partial charge in [0, 0.05) is 32.0 Å². The SMILES string of the molecule is CCOCc1nc(C2CCCN(C(=O)CC3CCCC3)C2)no1. The Labute approximate surface area is 137 Å². The van der Waals surface area contributed by atoms with Crippen molar-refractivity contribution < 1.29 is 14.1 Å². The van der Waals surface area contributed by atoms with E-state index in [4.69, 9.17) is 9.26 Å². The van der Waals surface area contributed by atoms with Gasteiger partial charge in [0.05, 0.1) is 0 Å². The van der Waals surface area contributed by atoms with Crippen molar-refractivity contribution in [3.05, 3.63) is 11.7 Å². The maximum absolute atomic E-state index is 12.5. The van der Waals surface area contributed by atoms with E-state index in [1.54, 1.807) is 0 Å². The molecule has 1 saturated carbocycles. The van der Waals surface area contributed by atoms with Crippen LogP contribution < -0.4 is 0 Å². The molecular formula is C17H27N3O3. The van der Waals surface area contributed by atoms with Crippen LogP contribution >= 0.6 is 0 Å². The van der Waals surface area contributed by atoms with Gasteiger partial charge in [-0.3, -0.25) is 4.79 Å². The Bertz CT molecular complexity index is 511. The molecule has 0 bridgehead atoms. The average Bonchev–Trinajstić information content (AvgIpc) is 3.24. The molecular weight excluding hydrogens is 294 g/mol. The summed E-state index contributed by atoms with van der Waals surface area (Å²) in [5.74, 6) is 2.34. The van der Waals surface area contributed by atoms with Gasteiger partial charge in [0.25, 0.3) is 5.89 Å². The zero-order chi connectivity index (χ0) is 16.1. The number of ether oxygens (including phenoxy) is 1. The van der Waals surface area contributed by atoms with Crippen molar-refractivity contribution in [2.24, 2.45) is 5.92 Å². The molecule has 2 heterocycles. The lowest BCUT2D eigenvalue weighted by molar-refractivity contribution is -0.133. The highest BCUT2D eigenvalue weighted by atomic mass is 16.5. The summed E-state index contributed by atoms with van der Waals surface area (Å²) in [5.41, 5.74) is 0. The first-order valence-electron chi connectivity index (χ1n) is 8.94. The quantitative estimate of drug-likeness (QED) is 0.806. The van der Waals surface area contributed by atoms with Crippen molar-refractivity contribution in [1.82, 2.24) is 15.0 Å². The summed E-state index contributed by atoms with van der Waals surface area (Å²) in [5, 5.41) is 4.09. The van der Waals surface area contributed by atoms with E-state index in [2.05, 4.69) is 10.1 Å². The maximum Gasteiger partial charge on any atom is 0.252 e. The zero-order valence-corrected chi connectivity index (χ0v) is 14.0. The molecule has 1 saturated heterocycles. The van der Waals surface area contributed by atoms with Crippen LogP contribution in [0, 0.1) is 5.92 Å². The number of nitrogens with zero attached hydrogens (tertiary/aromatic N) is 3. The lowest BCUT2D eigenvalue weighted by Gasteiger charge is -2.32. The second-order valence-corrected chi connectivity index (χ2v) is 6.72. The van der Waals surface area contributed by atoms with E-state index in [-0.39, 0.29) is 5.92 Å². The third-order valence-electron chi connectivity index (χ3n) is 4.99. The van der Waals surface area contributed by atoms with Gasteiger partial charge in [0.2, 0.25) is 5.91 Å². The van der Waals surface area contributed by atoms with E-state index in [0.29, 0.717) is 37.4 Å². The molecule has 0 N–H and O–H groups in total. The third-order valence-corrected chi connectivity index (χ3v) is 4.99. The molecule has 1 amide bonds. The monoisotopic (exact) mass is 321 g/mol. The molecule has 23 heavy (non-hydrogen) atoms. The number of likely N-dealkylation sites (tertiary alicyclic amines) is 1. The van der Waals surface area contributed by atoms with Gasteiger partial charge >= 0.3 is 0 Å². The molecule has 6 heteroatoms. The predicted octanol–water partition coefficient (Wildman–Crippen LogP) is 2.89. The standard InChI is InChI=1S/C17H27N3O3/c1-2-22-12-15-18-17(19-23-15)14-8-5-9-20(11-14)16(21)10-13-6-3-4-7-13/h13-14H,2-12H2,1H3. The highest BCUT2D eigenvalue weighted by molar-refractivity contribution is 5.76. The van der Waals surface area contributed by atoms with E-state index in [9.17, 15) is 4.79 Å². The number of hydrogen-bond acceptors (Lipinski definition) is 5. The molecule has 1 aliphatic carbocycles. The minimum Gasteiger partial charge on any atom is -0.372 e. The number of carbonyl (C=O) groups excluding carboxylic acids is 1. The Hall–Kier alpha value is -1.43. The molecule has 1 unspecified atom stereocenters. The molecule has 3 rings (SSSR count). The van der Waals surface area contributed by atoms with Crippen LogP contribution in [0.3, 0.4) is 0 Å². The van der Waals surface area contributed by atoms with Crippen LogP contribution in [0.1, 0.15) is 69.5 Å². The first-order valence-corrected chi connectivity index (χ1v) is 8.94. The van der Waals surface area contributed by atoms with Crippen molar-refractivity contribution in [2.45, 2.75) is 64.4 Å². The van der Waals surface area contributed by atoms with Gasteiger partial charge in [0.1, 0.15) is 6.61 Å². The van der Waals surface area contributed by atoms with E-state index >= 15 is 0 Å². The summed E-state index contributed by atoms with van der Waals surface area (Å²) in [6.07, 6.45) is 7.74. The molecule has 0 spiro atoms. The zero-order valence-electron chi connectivity index (χ0n) is 14.0. The summed E-state index contributed by atoms with van der Waals surface area (Å²) in [6, 6.07) is 0. The van der Waals surface area contributed by atoms with Gasteiger partial charge in [-0.05, 0) is 38.5 Å². The number of hydrogen-bond donors (Lipinski definition) is 0. The van der Waals surface area contributed by atoms with Gasteiger partial charge in [-0.15, -0.1) is 0 Å². The Balaban J connectivity index is 1.54. The van der Waals surface area contributed by atoms with Gasteiger partial charge in [-0.25, -0.2) is 0 Å². The summed E-state index contributed by atoms with van der Waals surface area (Å²) in [4.78, 5) is 19.0. The fourth-order valence-corrected chi connectivity index (χ4v) is 3.69. The molecule has 2 fully saturated rings. The highest BCUT2D eigenvalue weighted by Gasteiger charge is 2.29. The number of aromatic nitrogens is 2. The first kappa shape index (κ1) is 16.4. The Morgan fingerprint density at radius 1 is 1.30 bits per heavy atom. The van der Waals surface area contributed by atoms with Crippen molar-refractivity contribution in [3.8, 4) is 0 Å². The fourth-order valence-electron chi connectivity index (χ4n) is 3.69. The Morgan fingerprint density at radius 2 is 2.13 bits per heavy atom. The molecule has 1 aliphatic heterocycles. The summed E-state index contributed by atoms with van der Waals surface area (Å²) in [7, 11) is 0. The summed E-state index contributed by atoms with van der Waals surface area (Å²) < 4.78 is 10.5. The normalized spacial score (nSPS) is 22.7. The predicted molar refractivity (Wildman–Crippen MR) is 84.8 cm³/mol. The topological polar surface area (TPSA) is 68.5 Å². The van der Waals surface area contributed by atoms with Gasteiger partial charge in [0.15, 0.2) is 5.82 Å². The Morgan fingerprint density at radius 3 is 2.91 bits per heavy atom. The average molecular weight is 321 g/mol. The lowest BCUT2D eigenvalue weighted by atomic mass is 9.96. The molecule has 0 aromatic carbocycles. The molecule has 1 aromatic rings. The smallest absolute Gasteiger partial charge is 0.252 e. The van der Waals surface area contributed by atoms with Crippen molar-refractivity contribution in [2.75, 3.05) is 19.7 Å². The van der Waals surface area contributed by atoms with Gasteiger partial charge in [-0.2, -0.15) is 4.98 Å². The van der Waals surface area contributed by atoms with Crippen molar-refractivity contribution >= 4 is 5.91 Å². The Kier molecular flexibility index (Phi) is 5.65. The van der Waals surface area contributed by atoms with Crippen LogP contribution in [0.2, 0.25) is 0 Å². The first-order chi connectivity index (χ1) is 11.3. The molecule has 6 nitrogen and oxygen atoms in total. The molecule has 2 aliphatic rings. The molecule has 0 radical (unpaired) electrons. The van der Waals surface area contributed by atoms with E-state index in [1.165, 1.54) is 25.7 Å². The van der Waals surface area contributed by atoms with Crippen LogP contribution in [-0.4, -0.2) is 40.6 Å². The van der Waals surface area contributed by atoms with E-state index in [1.807, 2.05) is 11.8 Å². The fraction of sp³-hybridized carbons (Fsp3) is 0.824. The number of piperidine rings is 1. The van der Waals surface area contributed by atoms with Crippen LogP contribution in [0.4, 0.5) is 0 Å². The third kappa shape index (κ3) is 4.31. The number of carbonyl (C=O) groups is 1. The minimum absolute atomic E-state index is 0.190. The second kappa shape index (κ2) is 7.90. The number of amides is 1. The summed E-state index contributed by atoms with van der Waals surface area (Å²) in [6.45, 7) is 4.52. The maximum atomic E-state index is 12.5. The summed E-state index contributed by atoms with van der Waals surface area (Å²) >= 11 is 0. The largest absolute Gasteiger partial charge is 0.372 e. The van der Waals surface area contributed by atoms with Crippen LogP contribution in [0.15, 0.2) is 4.52 Å². The van der Waals surface area contributed by atoms with E-state index < -0.39 is 0 Å². The molecule has 128 valence electrons. The highest BCUT2D eigenvalue weighted by Crippen LogP contribution is 2.30. The van der Waals surface area contributed by atoms with Gasteiger partial charge < -0.3 is 14.2 Å².